The van der Waals surface area contributed by atoms with E-state index < -0.39 is 10.0 Å². The number of carbonyl (C=O) groups is 1. The average molecular weight is 550 g/mol. The molecule has 0 aliphatic carbocycles. The van der Waals surface area contributed by atoms with Gasteiger partial charge in [-0.15, -0.1) is 0 Å². The van der Waals surface area contributed by atoms with Crippen molar-refractivity contribution in [2.45, 2.75) is 11.3 Å². The number of fused-ring (bicyclic) bond motifs is 1. The van der Waals surface area contributed by atoms with Crippen molar-refractivity contribution in [2.24, 2.45) is 0 Å². The Kier molecular flexibility index (Phi) is 6.69. The van der Waals surface area contributed by atoms with E-state index in [1.807, 2.05) is 60.7 Å². The van der Waals surface area contributed by atoms with Gasteiger partial charge in [0, 0.05) is 48.6 Å². The molecule has 1 aromatic heterocycles. The van der Waals surface area contributed by atoms with Crippen LogP contribution in [0.25, 0.3) is 21.9 Å². The number of hydrogen-bond acceptors (Lipinski definition) is 4. The lowest BCUT2D eigenvalue weighted by Gasteiger charge is -2.22. The van der Waals surface area contributed by atoms with Crippen LogP contribution in [-0.2, 0) is 10.0 Å². The number of hydrogen-bond donors (Lipinski definition) is 0. The predicted octanol–water partition coefficient (Wildman–Crippen LogP) is 5.20. The second-order valence-electron chi connectivity index (χ2n) is 8.52. The van der Waals surface area contributed by atoms with E-state index in [4.69, 9.17) is 0 Å². The summed E-state index contributed by atoms with van der Waals surface area (Å²) in [5.74, 6) is -0.0817. The number of rotatable bonds is 4. The molecule has 0 N–H and O–H groups in total. The SMILES string of the molecule is O=C(c1ccc(-c2ccncc2)cc1)N1CCCN(S(=O)(=O)c2ccc3cc(Br)ccc3c2)CC1. The summed E-state index contributed by atoms with van der Waals surface area (Å²) in [6.45, 7) is 1.51. The lowest BCUT2D eigenvalue weighted by molar-refractivity contribution is 0.0764. The van der Waals surface area contributed by atoms with Crippen molar-refractivity contribution < 1.29 is 13.2 Å². The third kappa shape index (κ3) is 5.00. The van der Waals surface area contributed by atoms with E-state index in [1.54, 1.807) is 29.4 Å². The Morgan fingerprint density at radius 2 is 1.46 bits per heavy atom. The van der Waals surface area contributed by atoms with Crippen LogP contribution in [0.1, 0.15) is 16.8 Å². The highest BCUT2D eigenvalue weighted by molar-refractivity contribution is 9.10. The highest BCUT2D eigenvalue weighted by Crippen LogP contribution is 2.26. The van der Waals surface area contributed by atoms with Crippen LogP contribution in [0.15, 0.2) is 94.6 Å². The maximum atomic E-state index is 13.4. The Morgan fingerprint density at radius 3 is 2.23 bits per heavy atom. The molecule has 1 amide bonds. The van der Waals surface area contributed by atoms with Gasteiger partial charge >= 0.3 is 0 Å². The Bertz CT molecular complexity index is 1480. The second-order valence-corrected chi connectivity index (χ2v) is 11.4. The molecule has 35 heavy (non-hydrogen) atoms. The Labute approximate surface area is 213 Å². The van der Waals surface area contributed by atoms with Gasteiger partial charge in [0.25, 0.3) is 5.91 Å². The number of halogens is 1. The van der Waals surface area contributed by atoms with Gasteiger partial charge in [-0.2, -0.15) is 4.31 Å². The fourth-order valence-corrected chi connectivity index (χ4v) is 6.26. The van der Waals surface area contributed by atoms with Crippen LogP contribution in [0.3, 0.4) is 0 Å². The topological polar surface area (TPSA) is 70.6 Å². The fourth-order valence-electron chi connectivity index (χ4n) is 4.37. The van der Waals surface area contributed by atoms with Gasteiger partial charge in [0.2, 0.25) is 10.0 Å². The van der Waals surface area contributed by atoms with Crippen LogP contribution in [-0.4, -0.2) is 54.7 Å². The zero-order valence-electron chi connectivity index (χ0n) is 19.0. The van der Waals surface area contributed by atoms with E-state index in [2.05, 4.69) is 20.9 Å². The number of pyridine rings is 1. The molecule has 178 valence electrons. The lowest BCUT2D eigenvalue weighted by Crippen LogP contribution is -2.37. The molecule has 4 aromatic rings. The molecule has 0 bridgehead atoms. The van der Waals surface area contributed by atoms with Crippen molar-refractivity contribution in [3.63, 3.8) is 0 Å². The van der Waals surface area contributed by atoms with Gasteiger partial charge in [-0.3, -0.25) is 9.78 Å². The molecule has 0 atom stereocenters. The van der Waals surface area contributed by atoms with Crippen molar-refractivity contribution in [2.75, 3.05) is 26.2 Å². The smallest absolute Gasteiger partial charge is 0.253 e. The first-order valence-corrected chi connectivity index (χ1v) is 13.6. The molecular weight excluding hydrogens is 526 g/mol. The van der Waals surface area contributed by atoms with Crippen molar-refractivity contribution in [1.29, 1.82) is 0 Å². The summed E-state index contributed by atoms with van der Waals surface area (Å²) in [5, 5.41) is 1.84. The summed E-state index contributed by atoms with van der Waals surface area (Å²) in [4.78, 5) is 19.2. The van der Waals surface area contributed by atoms with Crippen LogP contribution in [0, 0.1) is 0 Å². The van der Waals surface area contributed by atoms with Crippen molar-refractivity contribution in [3.05, 3.63) is 95.2 Å². The maximum absolute atomic E-state index is 13.4. The zero-order chi connectivity index (χ0) is 24.4. The number of amides is 1. The van der Waals surface area contributed by atoms with Crippen LogP contribution in [0.5, 0.6) is 0 Å². The van der Waals surface area contributed by atoms with Crippen molar-refractivity contribution in [1.82, 2.24) is 14.2 Å². The zero-order valence-corrected chi connectivity index (χ0v) is 21.4. The number of sulfonamides is 1. The summed E-state index contributed by atoms with van der Waals surface area (Å²) in [6.07, 6.45) is 4.06. The number of benzene rings is 3. The van der Waals surface area contributed by atoms with E-state index >= 15 is 0 Å². The summed E-state index contributed by atoms with van der Waals surface area (Å²) < 4.78 is 29.2. The average Bonchev–Trinajstić information content (AvgIpc) is 3.15. The van der Waals surface area contributed by atoms with Gasteiger partial charge < -0.3 is 4.90 Å². The molecule has 0 radical (unpaired) electrons. The molecule has 8 heteroatoms. The molecule has 0 unspecified atom stereocenters. The predicted molar refractivity (Wildman–Crippen MR) is 141 cm³/mol. The number of carbonyl (C=O) groups excluding carboxylic acids is 1. The molecule has 5 rings (SSSR count). The minimum absolute atomic E-state index is 0.0817. The first-order chi connectivity index (χ1) is 16.9. The number of nitrogens with zero attached hydrogens (tertiary/aromatic N) is 3. The quantitative estimate of drug-likeness (QED) is 0.350. The number of aromatic nitrogens is 1. The molecule has 6 nitrogen and oxygen atoms in total. The minimum atomic E-state index is -3.66. The molecule has 2 heterocycles. The first-order valence-electron chi connectivity index (χ1n) is 11.4. The summed E-state index contributed by atoms with van der Waals surface area (Å²) >= 11 is 3.45. The maximum Gasteiger partial charge on any atom is 0.253 e. The van der Waals surface area contributed by atoms with Crippen LogP contribution in [0.2, 0.25) is 0 Å². The van der Waals surface area contributed by atoms with Crippen molar-refractivity contribution in [3.8, 4) is 11.1 Å². The van der Waals surface area contributed by atoms with Gasteiger partial charge in [0.05, 0.1) is 4.90 Å². The summed E-state index contributed by atoms with van der Waals surface area (Å²) in [5.41, 5.74) is 2.65. The lowest BCUT2D eigenvalue weighted by atomic mass is 10.0. The monoisotopic (exact) mass is 549 g/mol. The molecule has 1 aliphatic heterocycles. The Hall–Kier alpha value is -3.07. The van der Waals surface area contributed by atoms with Crippen LogP contribution < -0.4 is 0 Å². The Balaban J connectivity index is 1.29. The molecule has 1 aliphatic rings. The third-order valence-electron chi connectivity index (χ3n) is 6.30. The molecule has 0 spiro atoms. The fraction of sp³-hybridized carbons (Fsp3) is 0.185. The van der Waals surface area contributed by atoms with E-state index in [1.165, 1.54) is 4.31 Å². The minimum Gasteiger partial charge on any atom is -0.337 e. The van der Waals surface area contributed by atoms with Gasteiger partial charge in [-0.1, -0.05) is 40.2 Å². The van der Waals surface area contributed by atoms with Crippen LogP contribution >= 0.6 is 15.9 Å². The van der Waals surface area contributed by atoms with E-state index in [0.29, 0.717) is 31.6 Å². The van der Waals surface area contributed by atoms with E-state index in [9.17, 15) is 13.2 Å². The normalized spacial score (nSPS) is 15.2. The highest BCUT2D eigenvalue weighted by Gasteiger charge is 2.28. The molecule has 3 aromatic carbocycles. The standard InChI is InChI=1S/C27H24BrN3O3S/c28-25-8-6-24-19-26(9-7-23(24)18-25)35(33,34)31-15-1-14-30(16-17-31)27(32)22-4-2-20(3-5-22)21-10-12-29-13-11-21/h2-13,18-19H,1,14-17H2. The van der Waals surface area contributed by atoms with E-state index in [-0.39, 0.29) is 17.3 Å². The van der Waals surface area contributed by atoms with Gasteiger partial charge in [0.15, 0.2) is 0 Å². The van der Waals surface area contributed by atoms with Gasteiger partial charge in [-0.25, -0.2) is 8.42 Å². The molecule has 1 saturated heterocycles. The van der Waals surface area contributed by atoms with E-state index in [0.717, 1.165) is 26.4 Å². The van der Waals surface area contributed by atoms with Gasteiger partial charge in [0.1, 0.15) is 0 Å². The first kappa shape index (κ1) is 23.7. The highest BCUT2D eigenvalue weighted by atomic mass is 79.9. The third-order valence-corrected chi connectivity index (χ3v) is 8.69. The largest absolute Gasteiger partial charge is 0.337 e. The van der Waals surface area contributed by atoms with Crippen LogP contribution in [0.4, 0.5) is 0 Å². The second kappa shape index (κ2) is 9.89. The molecule has 0 saturated carbocycles. The molecule has 1 fully saturated rings. The summed E-state index contributed by atoms with van der Waals surface area (Å²) in [7, 11) is -3.66. The summed E-state index contributed by atoms with van der Waals surface area (Å²) in [6, 6.07) is 22.3. The van der Waals surface area contributed by atoms with Crippen molar-refractivity contribution >= 4 is 42.6 Å². The Morgan fingerprint density at radius 1 is 0.771 bits per heavy atom. The molecular formula is C27H24BrN3O3S. The van der Waals surface area contributed by atoms with Gasteiger partial charge in [-0.05, 0) is 76.9 Å².